The van der Waals surface area contributed by atoms with Crippen molar-refractivity contribution < 1.29 is 5.11 Å². The Morgan fingerprint density at radius 3 is 2.43 bits per heavy atom. The van der Waals surface area contributed by atoms with Crippen LogP contribution in [0, 0.1) is 5.92 Å². The second-order valence-electron chi connectivity index (χ2n) is 6.93. The smallest absolute Gasteiger partial charge is 0.0558 e. The second kappa shape index (κ2) is 7.88. The van der Waals surface area contributed by atoms with Gasteiger partial charge in [-0.15, -0.1) is 0 Å². The maximum atomic E-state index is 9.06. The molecule has 122 valence electrons. The van der Waals surface area contributed by atoms with Crippen molar-refractivity contribution in [3.63, 3.8) is 0 Å². The average molecular weight is 296 g/mol. The van der Waals surface area contributed by atoms with Crippen LogP contribution in [-0.4, -0.2) is 97.9 Å². The van der Waals surface area contributed by atoms with Gasteiger partial charge in [-0.1, -0.05) is 0 Å². The summed E-state index contributed by atoms with van der Waals surface area (Å²) < 4.78 is 0. The van der Waals surface area contributed by atoms with E-state index in [0.717, 1.165) is 31.6 Å². The van der Waals surface area contributed by atoms with Crippen LogP contribution in [0.5, 0.6) is 0 Å². The highest BCUT2D eigenvalue weighted by Gasteiger charge is 2.33. The molecule has 0 amide bonds. The largest absolute Gasteiger partial charge is 0.395 e. The van der Waals surface area contributed by atoms with Gasteiger partial charge in [-0.3, -0.25) is 9.80 Å². The Balaban J connectivity index is 1.51. The molecule has 3 heterocycles. The maximum Gasteiger partial charge on any atom is 0.0558 e. The molecule has 3 fully saturated rings. The van der Waals surface area contributed by atoms with Crippen LogP contribution < -0.4 is 5.32 Å². The molecule has 5 nitrogen and oxygen atoms in total. The van der Waals surface area contributed by atoms with Crippen molar-refractivity contribution in [2.24, 2.45) is 5.92 Å². The third-order valence-corrected chi connectivity index (χ3v) is 5.57. The van der Waals surface area contributed by atoms with E-state index in [-0.39, 0.29) is 0 Å². The van der Waals surface area contributed by atoms with E-state index in [4.69, 9.17) is 5.11 Å². The number of likely N-dealkylation sites (tertiary alicyclic amines) is 1. The van der Waals surface area contributed by atoms with Gasteiger partial charge in [0.25, 0.3) is 0 Å². The SMILES string of the molecule is OCCN1CCN(C2CNCCC2CN2CCCC2)CC1. The predicted octanol–water partition coefficient (Wildman–Crippen LogP) is -0.330. The fourth-order valence-electron chi connectivity index (χ4n) is 4.29. The average Bonchev–Trinajstić information content (AvgIpc) is 3.02. The van der Waals surface area contributed by atoms with Gasteiger partial charge in [0.15, 0.2) is 0 Å². The van der Waals surface area contributed by atoms with Crippen molar-refractivity contribution in [1.29, 1.82) is 0 Å². The Labute approximate surface area is 129 Å². The van der Waals surface area contributed by atoms with E-state index in [1.165, 1.54) is 65.1 Å². The first-order valence-corrected chi connectivity index (χ1v) is 8.87. The number of piperazine rings is 1. The molecule has 0 aromatic heterocycles. The first-order valence-electron chi connectivity index (χ1n) is 8.87. The molecule has 0 spiro atoms. The van der Waals surface area contributed by atoms with Crippen LogP contribution in [-0.2, 0) is 0 Å². The summed E-state index contributed by atoms with van der Waals surface area (Å²) in [5.41, 5.74) is 0. The molecule has 3 saturated heterocycles. The summed E-state index contributed by atoms with van der Waals surface area (Å²) >= 11 is 0. The summed E-state index contributed by atoms with van der Waals surface area (Å²) in [6, 6.07) is 0.718. The Hall–Kier alpha value is -0.200. The third-order valence-electron chi connectivity index (χ3n) is 5.57. The molecule has 3 rings (SSSR count). The predicted molar refractivity (Wildman–Crippen MR) is 85.5 cm³/mol. The summed E-state index contributed by atoms with van der Waals surface area (Å²) in [4.78, 5) is 7.79. The van der Waals surface area contributed by atoms with Crippen molar-refractivity contribution in [2.45, 2.75) is 25.3 Å². The molecule has 2 atom stereocenters. The van der Waals surface area contributed by atoms with Gasteiger partial charge in [0.1, 0.15) is 0 Å². The van der Waals surface area contributed by atoms with Crippen molar-refractivity contribution in [1.82, 2.24) is 20.0 Å². The summed E-state index contributed by atoms with van der Waals surface area (Å²) in [5, 5.41) is 12.7. The lowest BCUT2D eigenvalue weighted by molar-refractivity contribution is 0.0409. The molecule has 0 bridgehead atoms. The molecule has 3 aliphatic rings. The summed E-state index contributed by atoms with van der Waals surface area (Å²) in [6.45, 7) is 12.0. The molecule has 3 aliphatic heterocycles. The minimum absolute atomic E-state index is 0.294. The van der Waals surface area contributed by atoms with Crippen molar-refractivity contribution in [3.05, 3.63) is 0 Å². The molecule has 2 unspecified atom stereocenters. The lowest BCUT2D eigenvalue weighted by Gasteiger charge is -2.45. The lowest BCUT2D eigenvalue weighted by Crippen LogP contribution is -2.59. The number of β-amino-alcohol motifs (C(OH)–C–C–N with tert-alkyl or cyclic N) is 1. The molecule has 0 aliphatic carbocycles. The topological polar surface area (TPSA) is 42.0 Å². The van der Waals surface area contributed by atoms with Crippen LogP contribution >= 0.6 is 0 Å². The minimum atomic E-state index is 0.294. The van der Waals surface area contributed by atoms with Gasteiger partial charge in [0, 0.05) is 51.9 Å². The third kappa shape index (κ3) is 4.17. The molecule has 2 N–H and O–H groups in total. The van der Waals surface area contributed by atoms with E-state index in [2.05, 4.69) is 20.0 Å². The van der Waals surface area contributed by atoms with Crippen molar-refractivity contribution >= 4 is 0 Å². The first kappa shape index (κ1) is 15.7. The number of aliphatic hydroxyl groups excluding tert-OH is 1. The van der Waals surface area contributed by atoms with Crippen LogP contribution in [0.3, 0.4) is 0 Å². The number of rotatable bonds is 5. The molecular formula is C16H32N4O. The highest BCUT2D eigenvalue weighted by atomic mass is 16.3. The van der Waals surface area contributed by atoms with Gasteiger partial charge in [-0.2, -0.15) is 0 Å². The monoisotopic (exact) mass is 296 g/mol. The quantitative estimate of drug-likeness (QED) is 0.727. The van der Waals surface area contributed by atoms with E-state index >= 15 is 0 Å². The highest BCUT2D eigenvalue weighted by Crippen LogP contribution is 2.22. The number of hydrogen-bond acceptors (Lipinski definition) is 5. The van der Waals surface area contributed by atoms with Crippen LogP contribution in [0.15, 0.2) is 0 Å². The van der Waals surface area contributed by atoms with Crippen LogP contribution in [0.2, 0.25) is 0 Å². The Morgan fingerprint density at radius 1 is 0.952 bits per heavy atom. The Morgan fingerprint density at radius 2 is 1.71 bits per heavy atom. The van der Waals surface area contributed by atoms with Gasteiger partial charge in [0.2, 0.25) is 0 Å². The van der Waals surface area contributed by atoms with Crippen molar-refractivity contribution in [2.75, 3.05) is 72.1 Å². The number of piperidine rings is 1. The number of aliphatic hydroxyl groups is 1. The summed E-state index contributed by atoms with van der Waals surface area (Å²) in [6.07, 6.45) is 4.13. The molecule has 0 saturated carbocycles. The van der Waals surface area contributed by atoms with E-state index in [1.54, 1.807) is 0 Å². The van der Waals surface area contributed by atoms with Crippen LogP contribution in [0.4, 0.5) is 0 Å². The van der Waals surface area contributed by atoms with Gasteiger partial charge >= 0.3 is 0 Å². The number of nitrogens with zero attached hydrogens (tertiary/aromatic N) is 3. The highest BCUT2D eigenvalue weighted by molar-refractivity contribution is 4.90. The Bertz CT molecular complexity index is 301. The zero-order valence-electron chi connectivity index (χ0n) is 13.3. The molecule has 0 radical (unpaired) electrons. The lowest BCUT2D eigenvalue weighted by atomic mass is 9.90. The van der Waals surface area contributed by atoms with E-state index in [1.807, 2.05) is 0 Å². The molecule has 0 aromatic rings. The zero-order valence-corrected chi connectivity index (χ0v) is 13.3. The second-order valence-corrected chi connectivity index (χ2v) is 6.93. The fourth-order valence-corrected chi connectivity index (χ4v) is 4.29. The van der Waals surface area contributed by atoms with E-state index < -0.39 is 0 Å². The van der Waals surface area contributed by atoms with Gasteiger partial charge < -0.3 is 15.3 Å². The normalized spacial score (nSPS) is 33.6. The Kier molecular flexibility index (Phi) is 5.89. The number of nitrogens with one attached hydrogen (secondary N) is 1. The van der Waals surface area contributed by atoms with Gasteiger partial charge in [-0.25, -0.2) is 0 Å². The molecule has 0 aromatic carbocycles. The van der Waals surface area contributed by atoms with Crippen LogP contribution in [0.1, 0.15) is 19.3 Å². The molecule has 21 heavy (non-hydrogen) atoms. The van der Waals surface area contributed by atoms with Crippen LogP contribution in [0.25, 0.3) is 0 Å². The molecule has 5 heteroatoms. The first-order chi connectivity index (χ1) is 10.4. The summed E-state index contributed by atoms with van der Waals surface area (Å²) in [5.74, 6) is 0.841. The van der Waals surface area contributed by atoms with E-state index in [9.17, 15) is 0 Å². The summed E-state index contributed by atoms with van der Waals surface area (Å²) in [7, 11) is 0. The molecular weight excluding hydrogens is 264 g/mol. The maximum absolute atomic E-state index is 9.06. The number of hydrogen-bond donors (Lipinski definition) is 2. The van der Waals surface area contributed by atoms with Gasteiger partial charge in [0.05, 0.1) is 6.61 Å². The standard InChI is InChI=1S/C16H32N4O/c21-12-11-18-7-9-20(10-8-18)16-13-17-4-3-15(16)14-19-5-1-2-6-19/h15-17,21H,1-14H2. The fraction of sp³-hybridized carbons (Fsp3) is 1.00. The van der Waals surface area contributed by atoms with Crippen molar-refractivity contribution in [3.8, 4) is 0 Å². The zero-order chi connectivity index (χ0) is 14.5. The van der Waals surface area contributed by atoms with E-state index in [0.29, 0.717) is 6.61 Å². The minimum Gasteiger partial charge on any atom is -0.395 e. The van der Waals surface area contributed by atoms with Gasteiger partial charge in [-0.05, 0) is 44.8 Å².